The topological polar surface area (TPSA) is 63.2 Å². The quantitative estimate of drug-likeness (QED) is 0.266. The molecule has 0 saturated carbocycles. The third kappa shape index (κ3) is 7.53. The van der Waals surface area contributed by atoms with Crippen molar-refractivity contribution in [3.63, 3.8) is 0 Å². The highest BCUT2D eigenvalue weighted by atomic mass is 28.4. The lowest BCUT2D eigenvalue weighted by molar-refractivity contribution is 0.0846. The third-order valence-electron chi connectivity index (χ3n) is 10.0. The monoisotopic (exact) mass is 644 g/mol. The number of benzene rings is 2. The van der Waals surface area contributed by atoms with E-state index in [9.17, 15) is 4.79 Å². The number of Topliss-reactive ketones (excluding diaryl/α,β-unsaturated/α-hetero) is 1. The van der Waals surface area contributed by atoms with Gasteiger partial charge in [0.25, 0.3) is 16.6 Å². The van der Waals surface area contributed by atoms with Gasteiger partial charge in [-0.3, -0.25) is 4.79 Å². The molecule has 1 aliphatic heterocycles. The van der Waals surface area contributed by atoms with Gasteiger partial charge in [-0.1, -0.05) is 68.4 Å². The highest BCUT2D eigenvalue weighted by molar-refractivity contribution is 6.75. The van der Waals surface area contributed by atoms with Crippen LogP contribution in [-0.4, -0.2) is 37.8 Å². The number of hydrogen-bond donors (Lipinski definition) is 0. The first-order chi connectivity index (χ1) is 19.3. The third-order valence-corrected chi connectivity index (χ3v) is 23.1. The van der Waals surface area contributed by atoms with E-state index in [1.54, 1.807) is 7.11 Å². The van der Waals surface area contributed by atoms with Crippen molar-refractivity contribution in [2.75, 3.05) is 7.11 Å². The van der Waals surface area contributed by atoms with Crippen molar-refractivity contribution in [2.45, 2.75) is 129 Å². The molecule has 0 bridgehead atoms. The SMILES string of the molecule is COc1ccc(C2CC(=O)c3c(cc(O[Si](C)(C)C(C)(C)C)cc3O[Si](C)(C)C(C)(C)C)O2)cc1O[Si](C)(C)C(C)(C)C. The molecule has 0 aliphatic carbocycles. The van der Waals surface area contributed by atoms with Crippen molar-refractivity contribution in [3.05, 3.63) is 41.5 Å². The summed E-state index contributed by atoms with van der Waals surface area (Å²) < 4.78 is 32.5. The Labute approximate surface area is 264 Å². The molecule has 1 aliphatic rings. The zero-order chi connectivity index (χ0) is 33.0. The maximum atomic E-state index is 13.9. The van der Waals surface area contributed by atoms with Gasteiger partial charge in [-0.15, -0.1) is 0 Å². The minimum absolute atomic E-state index is 0.00141. The summed E-state index contributed by atoms with van der Waals surface area (Å²) in [6.07, 6.45) is -0.272. The lowest BCUT2D eigenvalue weighted by atomic mass is 9.95. The molecular weight excluding hydrogens is 589 g/mol. The van der Waals surface area contributed by atoms with E-state index in [4.69, 9.17) is 22.8 Å². The van der Waals surface area contributed by atoms with Crippen LogP contribution in [0.3, 0.4) is 0 Å². The summed E-state index contributed by atoms with van der Waals surface area (Å²) in [4.78, 5) is 13.9. The van der Waals surface area contributed by atoms with E-state index in [2.05, 4.69) is 102 Å². The van der Waals surface area contributed by atoms with Gasteiger partial charge in [0.05, 0.1) is 13.5 Å². The van der Waals surface area contributed by atoms with Crippen LogP contribution in [0.4, 0.5) is 0 Å². The fraction of sp³-hybridized carbons (Fsp3) is 0.618. The molecule has 2 aromatic carbocycles. The van der Waals surface area contributed by atoms with Gasteiger partial charge in [0.2, 0.25) is 8.32 Å². The number of hydrogen-bond acceptors (Lipinski definition) is 6. The predicted molar refractivity (Wildman–Crippen MR) is 185 cm³/mol. The lowest BCUT2D eigenvalue weighted by Crippen LogP contribution is -2.45. The molecule has 0 aromatic heterocycles. The Kier molecular flexibility index (Phi) is 9.51. The number of carbonyl (C=O) groups excluding carboxylic acids is 1. The van der Waals surface area contributed by atoms with Crippen LogP contribution in [-0.2, 0) is 0 Å². The minimum atomic E-state index is -2.27. The van der Waals surface area contributed by atoms with Crippen LogP contribution >= 0.6 is 0 Å². The lowest BCUT2D eigenvalue weighted by Gasteiger charge is -2.39. The average molecular weight is 645 g/mol. The van der Waals surface area contributed by atoms with Crippen LogP contribution in [0.2, 0.25) is 54.4 Å². The second-order valence-corrected chi connectivity index (χ2v) is 30.7. The van der Waals surface area contributed by atoms with Crippen LogP contribution in [0, 0.1) is 0 Å². The fourth-order valence-electron chi connectivity index (χ4n) is 4.00. The van der Waals surface area contributed by atoms with Crippen LogP contribution < -0.4 is 22.8 Å². The number of carbonyl (C=O) groups is 1. The number of ketones is 1. The Morgan fingerprint density at radius 2 is 1.16 bits per heavy atom. The molecule has 0 saturated heterocycles. The first-order valence-electron chi connectivity index (χ1n) is 15.4. The molecule has 0 spiro atoms. The van der Waals surface area contributed by atoms with E-state index in [0.717, 1.165) is 5.56 Å². The Hall–Kier alpha value is -2.24. The minimum Gasteiger partial charge on any atom is -0.543 e. The van der Waals surface area contributed by atoms with Crippen LogP contribution in [0.1, 0.15) is 90.8 Å². The molecule has 1 unspecified atom stereocenters. The Bertz CT molecular complexity index is 1340. The molecule has 3 rings (SSSR count). The average Bonchev–Trinajstić information content (AvgIpc) is 2.80. The molecule has 9 heteroatoms. The Morgan fingerprint density at radius 3 is 1.65 bits per heavy atom. The van der Waals surface area contributed by atoms with E-state index in [1.165, 1.54) is 0 Å². The highest BCUT2D eigenvalue weighted by Gasteiger charge is 2.43. The summed E-state index contributed by atoms with van der Waals surface area (Å²) in [7, 11) is -4.93. The van der Waals surface area contributed by atoms with Crippen molar-refractivity contribution >= 4 is 30.7 Å². The van der Waals surface area contributed by atoms with Gasteiger partial charge in [-0.25, -0.2) is 0 Å². The summed E-state index contributed by atoms with van der Waals surface area (Å²) in [6.45, 7) is 33.1. The van der Waals surface area contributed by atoms with Crippen LogP contribution in [0.15, 0.2) is 30.3 Å². The van der Waals surface area contributed by atoms with Crippen molar-refractivity contribution in [3.8, 4) is 28.7 Å². The summed E-state index contributed by atoms with van der Waals surface area (Å²) in [6, 6.07) is 9.65. The van der Waals surface area contributed by atoms with E-state index >= 15 is 0 Å². The van der Waals surface area contributed by atoms with Gasteiger partial charge in [0.1, 0.15) is 34.7 Å². The molecule has 0 N–H and O–H groups in total. The largest absolute Gasteiger partial charge is 0.543 e. The van der Waals surface area contributed by atoms with E-state index < -0.39 is 31.1 Å². The van der Waals surface area contributed by atoms with E-state index in [0.29, 0.717) is 34.3 Å². The van der Waals surface area contributed by atoms with Gasteiger partial charge in [0, 0.05) is 12.1 Å². The second kappa shape index (κ2) is 11.6. The summed E-state index contributed by atoms with van der Waals surface area (Å²) >= 11 is 0. The maximum Gasteiger partial charge on any atom is 0.250 e. The normalized spacial score (nSPS) is 16.7. The molecule has 1 atom stereocenters. The van der Waals surface area contributed by atoms with Crippen LogP contribution in [0.25, 0.3) is 0 Å². The van der Waals surface area contributed by atoms with E-state index in [1.807, 2.05) is 30.3 Å². The summed E-state index contributed by atoms with van der Waals surface area (Å²) in [5.41, 5.74) is 1.38. The molecule has 43 heavy (non-hydrogen) atoms. The molecule has 6 nitrogen and oxygen atoms in total. The Balaban J connectivity index is 2.11. The standard InChI is InChI=1S/C34H56O6Si3/c1-32(2,3)41(11,12)38-24-20-29-31(30(21-24)40-43(15,16)34(7,8)9)25(35)22-27(37-29)23-17-18-26(36-10)28(19-23)39-42(13,14)33(4,5)6/h17-21,27H,22H2,1-16H3. The number of rotatable bonds is 8. The van der Waals surface area contributed by atoms with Crippen molar-refractivity contribution in [1.29, 1.82) is 0 Å². The molecular formula is C34H56O6Si3. The first kappa shape index (κ1) is 35.2. The molecule has 0 amide bonds. The number of methoxy groups -OCH3 is 1. The number of fused-ring (bicyclic) bond motifs is 1. The summed E-state index contributed by atoms with van der Waals surface area (Å²) in [5.74, 6) is 3.12. The summed E-state index contributed by atoms with van der Waals surface area (Å²) in [5, 5.41) is -0.0154. The predicted octanol–water partition coefficient (Wildman–Crippen LogP) is 10.6. The molecule has 1 heterocycles. The maximum absolute atomic E-state index is 13.9. The molecule has 0 fully saturated rings. The van der Waals surface area contributed by atoms with Crippen molar-refractivity contribution < 1.29 is 27.5 Å². The molecule has 0 radical (unpaired) electrons. The van der Waals surface area contributed by atoms with Crippen LogP contribution in [0.5, 0.6) is 28.7 Å². The van der Waals surface area contributed by atoms with Crippen molar-refractivity contribution in [1.82, 2.24) is 0 Å². The van der Waals surface area contributed by atoms with Gasteiger partial charge < -0.3 is 22.8 Å². The van der Waals surface area contributed by atoms with Gasteiger partial charge >= 0.3 is 0 Å². The van der Waals surface area contributed by atoms with Crippen molar-refractivity contribution in [2.24, 2.45) is 0 Å². The zero-order valence-electron chi connectivity index (χ0n) is 29.6. The zero-order valence-corrected chi connectivity index (χ0v) is 32.6. The van der Waals surface area contributed by atoms with Gasteiger partial charge in [-0.05, 0) is 72.1 Å². The highest BCUT2D eigenvalue weighted by Crippen LogP contribution is 2.48. The number of ether oxygens (including phenoxy) is 2. The first-order valence-corrected chi connectivity index (χ1v) is 24.1. The fourth-order valence-corrected chi connectivity index (χ4v) is 7.05. The molecule has 240 valence electrons. The van der Waals surface area contributed by atoms with Gasteiger partial charge in [-0.2, -0.15) is 0 Å². The smallest absolute Gasteiger partial charge is 0.250 e. The second-order valence-electron chi connectivity index (χ2n) is 16.5. The molecule has 2 aromatic rings. The van der Waals surface area contributed by atoms with Gasteiger partial charge in [0.15, 0.2) is 11.5 Å². The van der Waals surface area contributed by atoms with E-state index in [-0.39, 0.29) is 27.3 Å². The Morgan fingerprint density at radius 1 is 0.674 bits per heavy atom.